The van der Waals surface area contributed by atoms with E-state index >= 15 is 0 Å². The van der Waals surface area contributed by atoms with Crippen LogP contribution in [-0.2, 0) is 5.60 Å². The molecule has 0 heterocycles. The average Bonchev–Trinajstić information content (AvgIpc) is 2.46. The second-order valence-electron chi connectivity index (χ2n) is 5.52. The van der Waals surface area contributed by atoms with Crippen LogP contribution in [0.5, 0.6) is 0 Å². The lowest BCUT2D eigenvalue weighted by Gasteiger charge is -2.37. The van der Waals surface area contributed by atoms with E-state index in [9.17, 15) is 13.9 Å². The third-order valence-electron chi connectivity index (χ3n) is 4.27. The van der Waals surface area contributed by atoms with Crippen molar-refractivity contribution >= 4 is 0 Å². The van der Waals surface area contributed by atoms with E-state index in [0.717, 1.165) is 29.7 Å². The van der Waals surface area contributed by atoms with Crippen LogP contribution in [0.1, 0.15) is 42.4 Å². The summed E-state index contributed by atoms with van der Waals surface area (Å²) in [5, 5.41) is 11.0. The van der Waals surface area contributed by atoms with Gasteiger partial charge in [-0.2, -0.15) is 0 Å². The smallest absolute Gasteiger partial charge is 0.159 e. The van der Waals surface area contributed by atoms with Gasteiger partial charge < -0.3 is 5.11 Å². The van der Waals surface area contributed by atoms with Crippen molar-refractivity contribution < 1.29 is 13.9 Å². The molecule has 0 radical (unpaired) electrons. The molecule has 0 aliphatic heterocycles. The molecule has 0 amide bonds. The summed E-state index contributed by atoms with van der Waals surface area (Å²) >= 11 is 0. The van der Waals surface area contributed by atoms with Gasteiger partial charge in [0.15, 0.2) is 11.6 Å². The van der Waals surface area contributed by atoms with Gasteiger partial charge in [-0.05, 0) is 47.6 Å². The molecule has 2 unspecified atom stereocenters. The fraction of sp³-hybridized carbons (Fsp3) is 0.294. The van der Waals surface area contributed by atoms with E-state index in [1.807, 2.05) is 24.3 Å². The van der Waals surface area contributed by atoms with E-state index < -0.39 is 17.2 Å². The summed E-state index contributed by atoms with van der Waals surface area (Å²) in [6.07, 6.45) is 1.32. The summed E-state index contributed by atoms with van der Waals surface area (Å²) in [6, 6.07) is 11.3. The van der Waals surface area contributed by atoms with Crippen LogP contribution in [0.2, 0.25) is 0 Å². The largest absolute Gasteiger partial charge is 0.380 e. The molecule has 0 aromatic heterocycles. The van der Waals surface area contributed by atoms with Crippen LogP contribution < -0.4 is 0 Å². The van der Waals surface area contributed by atoms with Crippen LogP contribution >= 0.6 is 0 Å². The van der Waals surface area contributed by atoms with Crippen LogP contribution in [0.15, 0.2) is 42.5 Å². The minimum atomic E-state index is -1.24. The molecule has 1 N–H and O–H groups in total. The lowest BCUT2D eigenvalue weighted by molar-refractivity contribution is 0.0575. The van der Waals surface area contributed by atoms with Gasteiger partial charge in [-0.1, -0.05) is 37.3 Å². The predicted octanol–water partition coefficient (Wildman–Crippen LogP) is 4.10. The highest BCUT2D eigenvalue weighted by molar-refractivity contribution is 5.44. The Morgan fingerprint density at radius 2 is 1.85 bits per heavy atom. The number of hydrogen-bond donors (Lipinski definition) is 1. The first-order valence-electron chi connectivity index (χ1n) is 6.79. The molecule has 3 heteroatoms. The second-order valence-corrected chi connectivity index (χ2v) is 5.52. The molecular weight excluding hydrogens is 258 g/mol. The Balaban J connectivity index is 2.17. The van der Waals surface area contributed by atoms with Gasteiger partial charge >= 0.3 is 0 Å². The highest BCUT2D eigenvalue weighted by Crippen LogP contribution is 2.45. The SMILES string of the molecule is CC1CCC(O)(c2ccc(F)c(F)c2)c2ccccc21. The molecule has 1 aliphatic carbocycles. The van der Waals surface area contributed by atoms with E-state index in [2.05, 4.69) is 6.92 Å². The maximum absolute atomic E-state index is 13.5. The molecule has 0 bridgehead atoms. The van der Waals surface area contributed by atoms with Gasteiger partial charge in [0.2, 0.25) is 0 Å². The lowest BCUT2D eigenvalue weighted by atomic mass is 9.71. The molecule has 20 heavy (non-hydrogen) atoms. The fourth-order valence-electron chi connectivity index (χ4n) is 3.07. The number of fused-ring (bicyclic) bond motifs is 1. The van der Waals surface area contributed by atoms with Crippen LogP contribution in [0, 0.1) is 11.6 Å². The first-order chi connectivity index (χ1) is 9.52. The zero-order valence-corrected chi connectivity index (χ0v) is 11.2. The van der Waals surface area contributed by atoms with Crippen molar-refractivity contribution in [1.82, 2.24) is 0 Å². The Morgan fingerprint density at radius 1 is 1.10 bits per heavy atom. The highest BCUT2D eigenvalue weighted by Gasteiger charge is 2.38. The summed E-state index contributed by atoms with van der Waals surface area (Å²) < 4.78 is 26.6. The molecule has 2 aromatic carbocycles. The number of benzene rings is 2. The molecule has 0 saturated heterocycles. The first kappa shape index (κ1) is 13.3. The second kappa shape index (κ2) is 4.67. The van der Waals surface area contributed by atoms with Crippen molar-refractivity contribution in [2.75, 3.05) is 0 Å². The van der Waals surface area contributed by atoms with Gasteiger partial charge in [0.25, 0.3) is 0 Å². The van der Waals surface area contributed by atoms with Crippen molar-refractivity contribution in [3.05, 3.63) is 70.8 Å². The van der Waals surface area contributed by atoms with Gasteiger partial charge in [0, 0.05) is 0 Å². The standard InChI is InChI=1S/C17H16F2O/c1-11-8-9-17(20,14-5-3-2-4-13(11)14)12-6-7-15(18)16(19)10-12/h2-7,10-11,20H,8-9H2,1H3. The third kappa shape index (κ3) is 1.93. The Morgan fingerprint density at radius 3 is 2.60 bits per heavy atom. The molecule has 0 spiro atoms. The fourth-order valence-corrected chi connectivity index (χ4v) is 3.07. The number of aliphatic hydroxyl groups is 1. The van der Waals surface area contributed by atoms with E-state index in [1.165, 1.54) is 6.07 Å². The van der Waals surface area contributed by atoms with E-state index in [-0.39, 0.29) is 0 Å². The molecule has 2 aromatic rings. The molecule has 2 atom stereocenters. The minimum absolute atomic E-state index is 0.358. The number of halogens is 2. The Hall–Kier alpha value is -1.74. The quantitative estimate of drug-likeness (QED) is 0.830. The normalized spacial score (nSPS) is 25.3. The zero-order valence-electron chi connectivity index (χ0n) is 11.2. The van der Waals surface area contributed by atoms with Gasteiger partial charge in [0.1, 0.15) is 5.60 Å². The summed E-state index contributed by atoms with van der Waals surface area (Å²) in [6.45, 7) is 2.11. The lowest BCUT2D eigenvalue weighted by Crippen LogP contribution is -2.33. The molecule has 104 valence electrons. The van der Waals surface area contributed by atoms with Gasteiger partial charge in [-0.15, -0.1) is 0 Å². The maximum Gasteiger partial charge on any atom is 0.159 e. The van der Waals surface area contributed by atoms with Crippen LogP contribution in [0.25, 0.3) is 0 Å². The minimum Gasteiger partial charge on any atom is -0.380 e. The van der Waals surface area contributed by atoms with Crippen molar-refractivity contribution in [1.29, 1.82) is 0 Å². The molecule has 0 saturated carbocycles. The van der Waals surface area contributed by atoms with E-state index in [0.29, 0.717) is 17.9 Å². The van der Waals surface area contributed by atoms with Crippen molar-refractivity contribution in [2.45, 2.75) is 31.3 Å². The number of hydrogen-bond acceptors (Lipinski definition) is 1. The number of rotatable bonds is 1. The summed E-state index contributed by atoms with van der Waals surface area (Å²) in [5.41, 5.74) is 1.05. The molecule has 0 fully saturated rings. The highest BCUT2D eigenvalue weighted by atomic mass is 19.2. The van der Waals surface area contributed by atoms with Crippen LogP contribution in [0.4, 0.5) is 8.78 Å². The summed E-state index contributed by atoms with van der Waals surface area (Å²) in [4.78, 5) is 0. The molecule has 3 rings (SSSR count). The van der Waals surface area contributed by atoms with Crippen molar-refractivity contribution in [3.63, 3.8) is 0 Å². The Kier molecular flexibility index (Phi) is 3.09. The average molecular weight is 274 g/mol. The topological polar surface area (TPSA) is 20.2 Å². The predicted molar refractivity (Wildman–Crippen MR) is 73.4 cm³/mol. The Bertz CT molecular complexity index is 653. The van der Waals surface area contributed by atoms with Crippen molar-refractivity contribution in [3.8, 4) is 0 Å². The molecule has 1 aliphatic rings. The van der Waals surface area contributed by atoms with Crippen LogP contribution in [-0.4, -0.2) is 5.11 Å². The third-order valence-corrected chi connectivity index (χ3v) is 4.27. The van der Waals surface area contributed by atoms with Gasteiger partial charge in [-0.25, -0.2) is 8.78 Å². The van der Waals surface area contributed by atoms with Gasteiger partial charge in [-0.3, -0.25) is 0 Å². The maximum atomic E-state index is 13.5. The van der Waals surface area contributed by atoms with Crippen LogP contribution in [0.3, 0.4) is 0 Å². The first-order valence-corrected chi connectivity index (χ1v) is 6.79. The van der Waals surface area contributed by atoms with E-state index in [1.54, 1.807) is 0 Å². The summed E-state index contributed by atoms with van der Waals surface area (Å²) in [7, 11) is 0. The molecular formula is C17H16F2O. The zero-order chi connectivity index (χ0) is 14.3. The van der Waals surface area contributed by atoms with Gasteiger partial charge in [0.05, 0.1) is 0 Å². The van der Waals surface area contributed by atoms with Crippen molar-refractivity contribution in [2.24, 2.45) is 0 Å². The van der Waals surface area contributed by atoms with E-state index in [4.69, 9.17) is 0 Å². The monoisotopic (exact) mass is 274 g/mol. The Labute approximate surface area is 116 Å². The summed E-state index contributed by atoms with van der Waals surface area (Å²) in [5.74, 6) is -1.46. The molecule has 1 nitrogen and oxygen atoms in total.